The summed E-state index contributed by atoms with van der Waals surface area (Å²) in [5.41, 5.74) is 0.988. The number of halogens is 5. The van der Waals surface area contributed by atoms with Gasteiger partial charge in [-0.05, 0) is 75.1 Å². The molecule has 7 nitrogen and oxygen atoms in total. The Morgan fingerprint density at radius 2 is 1.74 bits per heavy atom. The molecule has 0 atom stereocenters. The molecule has 2 aromatic heterocycles. The highest BCUT2D eigenvalue weighted by Crippen LogP contribution is 3.01. The third-order valence-electron chi connectivity index (χ3n) is 7.38. The molecule has 1 aliphatic heterocycles. The lowest BCUT2D eigenvalue weighted by molar-refractivity contribution is 0.102. The van der Waals surface area contributed by atoms with Crippen LogP contribution < -0.4 is 10.2 Å². The number of aliphatic hydroxyl groups is 1. The van der Waals surface area contributed by atoms with E-state index in [1.165, 1.54) is 0 Å². The number of hydrogen-bond donors (Lipinski definition) is 2. The fraction of sp³-hybridized carbons (Fsp3) is 0.480. The summed E-state index contributed by atoms with van der Waals surface area (Å²) >= 11 is 0. The Balaban J connectivity index is 1.48. The van der Waals surface area contributed by atoms with Gasteiger partial charge in [-0.25, -0.2) is 4.98 Å². The van der Waals surface area contributed by atoms with Crippen molar-refractivity contribution >= 4 is 38.4 Å². The third-order valence-corrected chi connectivity index (χ3v) is 8.40. The fourth-order valence-corrected chi connectivity index (χ4v) is 5.90. The topological polar surface area (TPSA) is 83.3 Å². The van der Waals surface area contributed by atoms with E-state index in [9.17, 15) is 29.3 Å². The second-order valence-corrected chi connectivity index (χ2v) is 12.6. The molecule has 1 saturated carbocycles. The molecule has 3 aromatic rings. The molecule has 13 heteroatoms. The number of amides is 1. The highest BCUT2D eigenvalue weighted by Gasteiger charge is 2.67. The number of aliphatic hydroxyl groups excluding tert-OH is 1. The van der Waals surface area contributed by atoms with E-state index < -0.39 is 26.9 Å². The summed E-state index contributed by atoms with van der Waals surface area (Å²) in [6.07, 6.45) is 8.42. The molecule has 0 radical (unpaired) electrons. The van der Waals surface area contributed by atoms with Gasteiger partial charge in [-0.1, -0.05) is 25.5 Å². The predicted octanol–water partition coefficient (Wildman–Crippen LogP) is 7.05. The van der Waals surface area contributed by atoms with Gasteiger partial charge in [0.05, 0.1) is 22.9 Å². The highest BCUT2D eigenvalue weighted by molar-refractivity contribution is 8.45. The zero-order valence-electron chi connectivity index (χ0n) is 20.6. The Hall–Kier alpha value is -2.93. The monoisotopic (exact) mass is 559 g/mol. The van der Waals surface area contributed by atoms with E-state index >= 15 is 0 Å². The lowest BCUT2D eigenvalue weighted by atomic mass is 9.87. The first-order valence-corrected chi connectivity index (χ1v) is 14.7. The lowest BCUT2D eigenvalue weighted by Crippen LogP contribution is -2.30. The molecule has 1 aromatic carbocycles. The van der Waals surface area contributed by atoms with Crippen LogP contribution in [0.5, 0.6) is 0 Å². The number of benzene rings is 1. The van der Waals surface area contributed by atoms with E-state index in [1.807, 2.05) is 16.9 Å². The third kappa shape index (κ3) is 5.73. The maximum absolute atomic E-state index is 13.3. The quantitative estimate of drug-likeness (QED) is 0.316. The molecule has 208 valence electrons. The number of rotatable bonds is 6. The summed E-state index contributed by atoms with van der Waals surface area (Å²) in [5, 5.41) is 15.2. The zero-order valence-corrected chi connectivity index (χ0v) is 21.4. The Kier molecular flexibility index (Phi) is 6.37. The van der Waals surface area contributed by atoms with Crippen LogP contribution in [0.1, 0.15) is 61.5 Å². The van der Waals surface area contributed by atoms with Crippen molar-refractivity contribution in [1.29, 1.82) is 0 Å². The van der Waals surface area contributed by atoms with Crippen molar-refractivity contribution in [3.63, 3.8) is 0 Å². The minimum Gasteiger partial charge on any atom is -0.396 e. The fourth-order valence-electron chi connectivity index (χ4n) is 5.30. The van der Waals surface area contributed by atoms with E-state index in [4.69, 9.17) is 5.10 Å². The van der Waals surface area contributed by atoms with E-state index in [0.717, 1.165) is 75.6 Å². The van der Waals surface area contributed by atoms with Gasteiger partial charge in [0.25, 0.3) is 5.91 Å². The van der Waals surface area contributed by atoms with Crippen molar-refractivity contribution in [1.82, 2.24) is 14.8 Å². The molecule has 2 N–H and O–H groups in total. The average molecular weight is 560 g/mol. The van der Waals surface area contributed by atoms with Crippen LogP contribution in [0.3, 0.4) is 0 Å². The van der Waals surface area contributed by atoms with Gasteiger partial charge in [-0.2, -0.15) is 5.10 Å². The van der Waals surface area contributed by atoms with Crippen LogP contribution in [0.15, 0.2) is 41.6 Å². The van der Waals surface area contributed by atoms with Crippen molar-refractivity contribution in [2.75, 3.05) is 29.9 Å². The molecule has 5 rings (SSSR count). The second-order valence-electron chi connectivity index (χ2n) is 10.2. The highest BCUT2D eigenvalue weighted by atomic mass is 32.5. The number of pyridine rings is 1. The van der Waals surface area contributed by atoms with Gasteiger partial charge in [0.15, 0.2) is 5.03 Å². The number of anilines is 2. The Morgan fingerprint density at radius 1 is 1.03 bits per heavy atom. The van der Waals surface area contributed by atoms with Crippen LogP contribution in [-0.2, 0) is 0 Å². The zero-order chi connectivity index (χ0) is 27.2. The first-order valence-electron chi connectivity index (χ1n) is 12.7. The molecule has 0 unspecified atom stereocenters. The maximum atomic E-state index is 13.3. The number of carbonyl (C=O) groups is 1. The number of nitrogens with zero attached hydrogens (tertiary/aromatic N) is 4. The summed E-state index contributed by atoms with van der Waals surface area (Å²) in [7, 11) is -10.0. The number of nitrogens with one attached hydrogen (secondary N) is 1. The molecule has 2 aliphatic rings. The standard InChI is InChI=1S/C25H30F5N5O2S/c26-38(27,28,29,30)24-6-4-5-20(31-24)25(37)32-22-13-18-15-35(19-9-7-17(16-36)8-10-19)33-21(18)14-23(22)34-11-2-1-3-12-34/h4-6,13-15,17,19,36H,1-3,7-12,16H2,(H,32,37). The molecular weight excluding hydrogens is 529 g/mol. The van der Waals surface area contributed by atoms with Gasteiger partial charge in [0.2, 0.25) is 0 Å². The van der Waals surface area contributed by atoms with E-state index in [1.54, 1.807) is 6.07 Å². The largest absolute Gasteiger partial charge is 0.396 e. The van der Waals surface area contributed by atoms with Crippen molar-refractivity contribution in [3.05, 3.63) is 42.2 Å². The normalized spacial score (nSPS) is 22.6. The van der Waals surface area contributed by atoms with Gasteiger partial charge in [-0.3, -0.25) is 9.48 Å². The molecule has 1 saturated heterocycles. The van der Waals surface area contributed by atoms with Crippen LogP contribution in [-0.4, -0.2) is 45.5 Å². The van der Waals surface area contributed by atoms with E-state index in [-0.39, 0.29) is 18.7 Å². The Bertz CT molecular complexity index is 1350. The summed E-state index contributed by atoms with van der Waals surface area (Å²) < 4.78 is 68.3. The molecule has 38 heavy (non-hydrogen) atoms. The van der Waals surface area contributed by atoms with Gasteiger partial charge >= 0.3 is 10.2 Å². The minimum absolute atomic E-state index is 0.173. The molecular formula is C25H30F5N5O2S. The first kappa shape index (κ1) is 26.7. The predicted molar refractivity (Wildman–Crippen MR) is 137 cm³/mol. The number of carbonyl (C=O) groups excluding carboxylic acids is 1. The Morgan fingerprint density at radius 3 is 2.39 bits per heavy atom. The Labute approximate surface area is 216 Å². The number of piperidine rings is 1. The molecule has 1 aliphatic carbocycles. The van der Waals surface area contributed by atoms with E-state index in [0.29, 0.717) is 22.8 Å². The SMILES string of the molecule is O=C(Nc1cc2cn(C3CCC(CO)CC3)nc2cc1N1CCCCC1)c1cccc(S(F)(F)(F)(F)F)n1. The molecule has 3 heterocycles. The van der Waals surface area contributed by atoms with Crippen LogP contribution >= 0.6 is 10.2 Å². The van der Waals surface area contributed by atoms with Gasteiger partial charge in [-0.15, -0.1) is 0 Å². The van der Waals surface area contributed by atoms with Crippen molar-refractivity contribution < 1.29 is 29.3 Å². The minimum atomic E-state index is -10.0. The molecule has 2 fully saturated rings. The second kappa shape index (κ2) is 9.08. The summed E-state index contributed by atoms with van der Waals surface area (Å²) in [5.74, 6) is -0.712. The first-order chi connectivity index (χ1) is 17.8. The molecule has 0 spiro atoms. The number of hydrogen-bond acceptors (Lipinski definition) is 5. The van der Waals surface area contributed by atoms with Gasteiger partial charge in [0.1, 0.15) is 5.69 Å². The van der Waals surface area contributed by atoms with E-state index in [2.05, 4.69) is 15.2 Å². The smallest absolute Gasteiger partial charge is 0.325 e. The van der Waals surface area contributed by atoms with Crippen LogP contribution in [0.25, 0.3) is 10.9 Å². The van der Waals surface area contributed by atoms with Crippen molar-refractivity contribution in [2.24, 2.45) is 5.92 Å². The van der Waals surface area contributed by atoms with Crippen LogP contribution in [0.2, 0.25) is 0 Å². The summed E-state index contributed by atoms with van der Waals surface area (Å²) in [6, 6.07) is 5.65. The van der Waals surface area contributed by atoms with Gasteiger partial charge < -0.3 is 15.3 Å². The van der Waals surface area contributed by atoms with Gasteiger partial charge in [0, 0.05) is 31.3 Å². The average Bonchev–Trinajstić information content (AvgIpc) is 3.30. The molecule has 0 bridgehead atoms. The van der Waals surface area contributed by atoms with Crippen LogP contribution in [0, 0.1) is 5.92 Å². The number of fused-ring (bicyclic) bond motifs is 1. The molecule has 1 amide bonds. The number of aromatic nitrogens is 3. The maximum Gasteiger partial charge on any atom is 0.325 e. The van der Waals surface area contributed by atoms with Crippen molar-refractivity contribution in [2.45, 2.75) is 56.0 Å². The summed E-state index contributed by atoms with van der Waals surface area (Å²) in [6.45, 7) is 1.65. The van der Waals surface area contributed by atoms with Crippen molar-refractivity contribution in [3.8, 4) is 0 Å². The summed E-state index contributed by atoms with van der Waals surface area (Å²) in [4.78, 5) is 18.0. The van der Waals surface area contributed by atoms with Crippen LogP contribution in [0.4, 0.5) is 30.8 Å². The lowest BCUT2D eigenvalue weighted by Gasteiger charge is -2.39.